The van der Waals surface area contributed by atoms with Gasteiger partial charge in [-0.25, -0.2) is 0 Å². The summed E-state index contributed by atoms with van der Waals surface area (Å²) in [5, 5.41) is 2.82. The third-order valence-electron chi connectivity index (χ3n) is 7.97. The van der Waals surface area contributed by atoms with Crippen molar-refractivity contribution >= 4 is 22.2 Å². The van der Waals surface area contributed by atoms with E-state index in [0.717, 1.165) is 5.56 Å². The molecule has 0 fully saturated rings. The largest absolute Gasteiger partial charge is 1.00 e. The Balaban J connectivity index is 0.00000202. The normalized spacial score (nSPS) is 12.0. The zero-order valence-electron chi connectivity index (χ0n) is 24.0. The van der Waals surface area contributed by atoms with Crippen molar-refractivity contribution in [2.24, 2.45) is 0 Å². The fraction of sp³-hybridized carbons (Fsp3) is 0.139. The van der Waals surface area contributed by atoms with Crippen LogP contribution in [0.2, 0.25) is 0 Å². The Bertz CT molecular complexity index is 1570. The van der Waals surface area contributed by atoms with Crippen molar-refractivity contribution in [2.75, 3.05) is 0 Å². The Morgan fingerprint density at radius 1 is 0.643 bits per heavy atom. The minimum atomic E-state index is -2.90. The Hall–Kier alpha value is -2.75. The third kappa shape index (κ3) is 6.43. The number of nitrogens with one attached hydrogen (secondary N) is 1. The van der Waals surface area contributed by atoms with Crippen LogP contribution in [0.25, 0.3) is 11.1 Å². The van der Waals surface area contributed by atoms with Crippen molar-refractivity contribution in [3.63, 3.8) is 0 Å². The molecular formula is C36H34Cl2NOSiZr. The first-order valence-electron chi connectivity index (χ1n) is 14.0. The van der Waals surface area contributed by atoms with E-state index in [1.807, 2.05) is 12.1 Å². The second kappa shape index (κ2) is 13.7. The van der Waals surface area contributed by atoms with Crippen LogP contribution in [0.3, 0.4) is 0 Å². The van der Waals surface area contributed by atoms with Gasteiger partial charge in [0.1, 0.15) is 0 Å². The molecule has 1 aliphatic rings. The fourth-order valence-electron chi connectivity index (χ4n) is 5.97. The van der Waals surface area contributed by atoms with E-state index >= 15 is 0 Å². The van der Waals surface area contributed by atoms with Crippen LogP contribution in [0.1, 0.15) is 51.4 Å². The summed E-state index contributed by atoms with van der Waals surface area (Å²) in [6.07, 6.45) is 0. The first kappa shape index (κ1) is 32.2. The predicted octanol–water partition coefficient (Wildman–Crippen LogP) is 0.563. The van der Waals surface area contributed by atoms with Crippen LogP contribution in [0.5, 0.6) is 0 Å². The summed E-state index contributed by atoms with van der Waals surface area (Å²) in [6, 6.07) is 47.9. The summed E-state index contributed by atoms with van der Waals surface area (Å²) in [4.78, 5) is 14.2. The van der Waals surface area contributed by atoms with E-state index in [-0.39, 0.29) is 39.8 Å². The molecule has 1 aliphatic carbocycles. The van der Waals surface area contributed by atoms with E-state index in [1.54, 1.807) is 0 Å². The van der Waals surface area contributed by atoms with Crippen LogP contribution in [0, 0.1) is 0 Å². The number of carbonyl (C=O) groups is 1. The quantitative estimate of drug-likeness (QED) is 0.260. The Kier molecular flexibility index (Phi) is 10.5. The fourth-order valence-corrected chi connectivity index (χ4v) is 27.6. The maximum atomic E-state index is 14.2. The van der Waals surface area contributed by atoms with Crippen molar-refractivity contribution in [3.05, 3.63) is 156 Å². The zero-order chi connectivity index (χ0) is 27.7. The molecule has 211 valence electrons. The van der Waals surface area contributed by atoms with Gasteiger partial charge in [0.25, 0.3) is 0 Å². The molecule has 1 amide bonds. The summed E-state index contributed by atoms with van der Waals surface area (Å²) < 4.78 is 4.10. The molecule has 0 bridgehead atoms. The molecule has 0 saturated heterocycles. The van der Waals surface area contributed by atoms with Gasteiger partial charge in [0.05, 0.1) is 0 Å². The molecule has 0 atom stereocenters. The topological polar surface area (TPSA) is 29.1 Å². The van der Waals surface area contributed by atoms with Gasteiger partial charge in [-0.05, 0) is 0 Å². The molecule has 0 heterocycles. The van der Waals surface area contributed by atoms with E-state index in [1.165, 1.54) is 38.2 Å². The SMILES string of the molecule is CC(C)(C)c1cccc(C(=O)[NH][Zr+2]([CH]2c3ccccc3-c3ccccc32)[SiH](c2ccccc2)c2ccccc2)c1.[Cl-].[Cl-]. The molecule has 6 heteroatoms. The van der Waals surface area contributed by atoms with Crippen molar-refractivity contribution in [3.8, 4) is 11.1 Å². The first-order chi connectivity index (χ1) is 19.4. The van der Waals surface area contributed by atoms with E-state index in [0.29, 0.717) is 0 Å². The van der Waals surface area contributed by atoms with Crippen LogP contribution in [-0.4, -0.2) is 11.8 Å². The van der Waals surface area contributed by atoms with Gasteiger partial charge >= 0.3 is 248 Å². The second-order valence-electron chi connectivity index (χ2n) is 11.6. The van der Waals surface area contributed by atoms with Crippen LogP contribution in [-0.2, 0) is 26.6 Å². The Morgan fingerprint density at radius 3 is 1.62 bits per heavy atom. The molecule has 42 heavy (non-hydrogen) atoms. The van der Waals surface area contributed by atoms with Crippen molar-refractivity contribution < 1.29 is 50.8 Å². The number of hydrogen-bond acceptors (Lipinski definition) is 1. The minimum absolute atomic E-state index is 0. The Labute approximate surface area is 271 Å². The molecule has 0 radical (unpaired) electrons. The summed E-state index contributed by atoms with van der Waals surface area (Å²) in [6.45, 7) is 6.60. The van der Waals surface area contributed by atoms with Gasteiger partial charge in [-0.15, -0.1) is 0 Å². The molecule has 5 aromatic rings. The molecule has 6 rings (SSSR count). The molecule has 2 nitrogen and oxygen atoms in total. The van der Waals surface area contributed by atoms with Gasteiger partial charge in [0.15, 0.2) is 0 Å². The van der Waals surface area contributed by atoms with Crippen molar-refractivity contribution in [1.29, 1.82) is 0 Å². The monoisotopic (exact) mass is 684 g/mol. The van der Waals surface area contributed by atoms with E-state index in [4.69, 9.17) is 0 Å². The summed E-state index contributed by atoms with van der Waals surface area (Å²) in [5.41, 5.74) is 7.32. The van der Waals surface area contributed by atoms with E-state index in [9.17, 15) is 4.79 Å². The van der Waals surface area contributed by atoms with E-state index in [2.05, 4.69) is 145 Å². The van der Waals surface area contributed by atoms with Gasteiger partial charge in [-0.3, -0.25) is 0 Å². The average Bonchev–Trinajstić information content (AvgIpc) is 3.32. The van der Waals surface area contributed by atoms with Crippen LogP contribution in [0.4, 0.5) is 0 Å². The number of halogens is 2. The van der Waals surface area contributed by atoms with Gasteiger partial charge in [0.2, 0.25) is 0 Å². The Morgan fingerprint density at radius 2 is 1.12 bits per heavy atom. The number of fused-ring (bicyclic) bond motifs is 3. The molecule has 1 N–H and O–H groups in total. The number of rotatable bonds is 6. The molecule has 0 aliphatic heterocycles. The number of hydrogen-bond donors (Lipinski definition) is 1. The van der Waals surface area contributed by atoms with Crippen molar-refractivity contribution in [2.45, 2.75) is 29.8 Å². The standard InChI is InChI=1S/C13H9.C12H11Si.C11H15NO.2ClH.Zr/c1-3-7-12-10(5-1)9-11-6-2-4-8-13(11)12;1-3-7-11(8-4-1)13-12-9-5-2-6-10-12;1-11(2,3)9-6-4-5-8(7-9)10(12)13;;;/h1-9H;1-10,13H;4-7H,1-3H3,(H2,12,13);2*1H;/q;;;;;+3/p-3. The summed E-state index contributed by atoms with van der Waals surface area (Å²) >= 11 is -2.90. The minimum Gasteiger partial charge on any atom is -1.00 e. The van der Waals surface area contributed by atoms with Crippen molar-refractivity contribution in [1.82, 2.24) is 3.26 Å². The predicted molar refractivity (Wildman–Crippen MR) is 166 cm³/mol. The number of benzene rings is 5. The molecule has 0 spiro atoms. The van der Waals surface area contributed by atoms with Crippen LogP contribution >= 0.6 is 0 Å². The number of carbonyl (C=O) groups excluding carboxylic acids is 1. The van der Waals surface area contributed by atoms with Crippen LogP contribution in [0.15, 0.2) is 133 Å². The summed E-state index contributed by atoms with van der Waals surface area (Å²) in [7, 11) is 0. The molecular weight excluding hydrogens is 653 g/mol. The smallest absolute Gasteiger partial charge is 1.00 e. The second-order valence-corrected chi connectivity index (χ2v) is 26.0. The first-order valence-corrected chi connectivity index (χ1v) is 22.6. The van der Waals surface area contributed by atoms with E-state index < -0.39 is 27.1 Å². The molecule has 0 saturated carbocycles. The zero-order valence-corrected chi connectivity index (χ0v) is 29.1. The molecule has 0 unspecified atom stereocenters. The third-order valence-corrected chi connectivity index (χ3v) is 27.3. The maximum absolute atomic E-state index is 14.2. The van der Waals surface area contributed by atoms with Gasteiger partial charge < -0.3 is 24.8 Å². The van der Waals surface area contributed by atoms with Crippen LogP contribution < -0.4 is 38.4 Å². The van der Waals surface area contributed by atoms with Gasteiger partial charge in [-0.2, -0.15) is 0 Å². The van der Waals surface area contributed by atoms with Gasteiger partial charge in [-0.1, -0.05) is 0 Å². The molecule has 0 aromatic heterocycles. The summed E-state index contributed by atoms with van der Waals surface area (Å²) in [5.74, 6) is -1.72. The van der Waals surface area contributed by atoms with Gasteiger partial charge in [0, 0.05) is 0 Å². The maximum Gasteiger partial charge on any atom is -1.00 e. The molecule has 5 aromatic carbocycles. The number of amides is 1. The average molecular weight is 687 g/mol.